The first kappa shape index (κ1) is 17.6. The number of nitrogens with zero attached hydrogens (tertiary/aromatic N) is 4. The molecule has 0 saturated carbocycles. The van der Waals surface area contributed by atoms with Gasteiger partial charge >= 0.3 is 5.97 Å². The molecule has 2 atom stereocenters. The predicted octanol–water partition coefficient (Wildman–Crippen LogP) is 2.34. The molecule has 0 radical (unpaired) electrons. The highest BCUT2D eigenvalue weighted by Crippen LogP contribution is 2.37. The molecule has 0 amide bonds. The molecule has 0 N–H and O–H groups in total. The summed E-state index contributed by atoms with van der Waals surface area (Å²) in [6.45, 7) is 1.35. The molecule has 1 fully saturated rings. The second-order valence-electron chi connectivity index (χ2n) is 5.32. The molecule has 1 aromatic rings. The zero-order valence-corrected chi connectivity index (χ0v) is 14.1. The molecule has 1 unspecified atom stereocenters. The van der Waals surface area contributed by atoms with Crippen molar-refractivity contribution in [2.45, 2.75) is 29.8 Å². The highest BCUT2D eigenvalue weighted by Gasteiger charge is 2.53. The fraction of sp³-hybridized carbons (Fsp3) is 0.462. The van der Waals surface area contributed by atoms with Gasteiger partial charge < -0.3 is 4.74 Å². The Labute approximate surface area is 138 Å². The Kier molecular flexibility index (Phi) is 4.86. The SMILES string of the molecule is COC(=O)C1(C)C[C@@H](N=[N+]=[N-])CN1S(=O)(=O)c1cccc(Cl)c1. The van der Waals surface area contributed by atoms with Gasteiger partial charge in [0, 0.05) is 16.5 Å². The summed E-state index contributed by atoms with van der Waals surface area (Å²) in [4.78, 5) is 14.8. The number of carbonyl (C=O) groups excluding carboxylic acids is 1. The lowest BCUT2D eigenvalue weighted by Crippen LogP contribution is -2.51. The molecule has 0 aromatic heterocycles. The molecule has 1 aliphatic heterocycles. The number of halogens is 1. The van der Waals surface area contributed by atoms with Crippen LogP contribution in [0.2, 0.25) is 5.02 Å². The van der Waals surface area contributed by atoms with Crippen LogP contribution < -0.4 is 0 Å². The number of sulfonamides is 1. The number of esters is 1. The number of ether oxygens (including phenoxy) is 1. The summed E-state index contributed by atoms with van der Waals surface area (Å²) >= 11 is 5.86. The number of azide groups is 1. The van der Waals surface area contributed by atoms with Crippen LogP contribution in [0, 0.1) is 0 Å². The van der Waals surface area contributed by atoms with Crippen molar-refractivity contribution in [3.8, 4) is 0 Å². The quantitative estimate of drug-likeness (QED) is 0.355. The van der Waals surface area contributed by atoms with Crippen molar-refractivity contribution < 1.29 is 17.9 Å². The van der Waals surface area contributed by atoms with Gasteiger partial charge in [-0.05, 0) is 37.1 Å². The molecule has 10 heteroatoms. The molecule has 0 bridgehead atoms. The Balaban J connectivity index is 2.53. The minimum Gasteiger partial charge on any atom is -0.468 e. The number of hydrogen-bond acceptors (Lipinski definition) is 5. The van der Waals surface area contributed by atoms with Gasteiger partial charge in [0.1, 0.15) is 5.54 Å². The van der Waals surface area contributed by atoms with E-state index in [0.717, 1.165) is 4.31 Å². The van der Waals surface area contributed by atoms with Gasteiger partial charge in [0.15, 0.2) is 0 Å². The highest BCUT2D eigenvalue weighted by molar-refractivity contribution is 7.89. The summed E-state index contributed by atoms with van der Waals surface area (Å²) < 4.78 is 31.5. The summed E-state index contributed by atoms with van der Waals surface area (Å²) in [6.07, 6.45) is 0.0452. The molecular weight excluding hydrogens is 344 g/mol. The summed E-state index contributed by atoms with van der Waals surface area (Å²) in [7, 11) is -2.83. The van der Waals surface area contributed by atoms with E-state index in [4.69, 9.17) is 21.9 Å². The molecule has 124 valence electrons. The van der Waals surface area contributed by atoms with Gasteiger partial charge in [-0.25, -0.2) is 8.42 Å². The normalized spacial score (nSPS) is 24.9. The maximum absolute atomic E-state index is 12.9. The van der Waals surface area contributed by atoms with E-state index >= 15 is 0 Å². The Morgan fingerprint density at radius 2 is 2.26 bits per heavy atom. The Morgan fingerprint density at radius 1 is 1.57 bits per heavy atom. The molecule has 2 rings (SSSR count). The number of methoxy groups -OCH3 is 1. The van der Waals surface area contributed by atoms with E-state index < -0.39 is 27.6 Å². The van der Waals surface area contributed by atoms with Crippen molar-refractivity contribution in [3.63, 3.8) is 0 Å². The van der Waals surface area contributed by atoms with Crippen molar-refractivity contribution >= 4 is 27.6 Å². The van der Waals surface area contributed by atoms with Crippen molar-refractivity contribution in [2.75, 3.05) is 13.7 Å². The van der Waals surface area contributed by atoms with Crippen LogP contribution in [0.5, 0.6) is 0 Å². The summed E-state index contributed by atoms with van der Waals surface area (Å²) in [6, 6.07) is 5.09. The van der Waals surface area contributed by atoms with E-state index in [-0.39, 0.29) is 22.9 Å². The maximum atomic E-state index is 12.9. The molecule has 1 heterocycles. The van der Waals surface area contributed by atoms with Gasteiger partial charge in [0.25, 0.3) is 0 Å². The molecule has 23 heavy (non-hydrogen) atoms. The van der Waals surface area contributed by atoms with Crippen LogP contribution in [0.1, 0.15) is 13.3 Å². The second-order valence-corrected chi connectivity index (χ2v) is 7.62. The first-order valence-corrected chi connectivity index (χ1v) is 8.48. The van der Waals surface area contributed by atoms with Gasteiger partial charge in [-0.2, -0.15) is 4.31 Å². The van der Waals surface area contributed by atoms with E-state index in [1.807, 2.05) is 0 Å². The minimum atomic E-state index is -4.01. The van der Waals surface area contributed by atoms with E-state index in [1.165, 1.54) is 32.2 Å². The number of carbonyl (C=O) groups is 1. The number of hydrogen-bond donors (Lipinski definition) is 0. The van der Waals surface area contributed by atoms with Crippen molar-refractivity contribution in [1.82, 2.24) is 4.31 Å². The van der Waals surface area contributed by atoms with E-state index in [2.05, 4.69) is 10.0 Å². The smallest absolute Gasteiger partial charge is 0.327 e. The number of benzene rings is 1. The van der Waals surface area contributed by atoms with Crippen LogP contribution in [0.3, 0.4) is 0 Å². The largest absolute Gasteiger partial charge is 0.468 e. The molecule has 1 saturated heterocycles. The minimum absolute atomic E-state index is 0.0401. The standard InChI is InChI=1S/C13H15ClN4O4S/c1-13(12(19)22-2)7-10(16-17-15)8-18(13)23(20,21)11-5-3-4-9(14)6-11/h3-6,10H,7-8H2,1-2H3/t10-,13?/m1/s1. The van der Waals surface area contributed by atoms with Crippen LogP contribution in [-0.4, -0.2) is 43.9 Å². The molecule has 0 spiro atoms. The van der Waals surface area contributed by atoms with Crippen LogP contribution in [0.25, 0.3) is 10.4 Å². The van der Waals surface area contributed by atoms with E-state index in [1.54, 1.807) is 6.07 Å². The van der Waals surface area contributed by atoms with Crippen LogP contribution in [-0.2, 0) is 19.6 Å². The van der Waals surface area contributed by atoms with Crippen molar-refractivity contribution in [2.24, 2.45) is 5.11 Å². The lowest BCUT2D eigenvalue weighted by atomic mass is 9.99. The molecule has 8 nitrogen and oxygen atoms in total. The maximum Gasteiger partial charge on any atom is 0.327 e. The third-order valence-electron chi connectivity index (χ3n) is 3.78. The Hall–Kier alpha value is -1.80. The Bertz CT molecular complexity index is 778. The molecule has 1 aliphatic rings. The number of rotatable bonds is 4. The summed E-state index contributed by atoms with van der Waals surface area (Å²) in [5.41, 5.74) is 7.14. The van der Waals surface area contributed by atoms with E-state index in [0.29, 0.717) is 0 Å². The van der Waals surface area contributed by atoms with E-state index in [9.17, 15) is 13.2 Å². The third-order valence-corrected chi connectivity index (χ3v) is 6.00. The zero-order chi connectivity index (χ0) is 17.3. The van der Waals surface area contributed by atoms with Crippen molar-refractivity contribution in [3.05, 3.63) is 39.7 Å². The molecule has 0 aliphatic carbocycles. The topological polar surface area (TPSA) is 112 Å². The predicted molar refractivity (Wildman–Crippen MR) is 83.3 cm³/mol. The van der Waals surface area contributed by atoms with Gasteiger partial charge in [-0.3, -0.25) is 4.79 Å². The Morgan fingerprint density at radius 3 is 2.83 bits per heavy atom. The fourth-order valence-corrected chi connectivity index (χ4v) is 4.78. The van der Waals surface area contributed by atoms with Gasteiger partial charge in [-0.1, -0.05) is 22.8 Å². The molecule has 1 aromatic carbocycles. The second kappa shape index (κ2) is 6.37. The monoisotopic (exact) mass is 358 g/mol. The van der Waals surface area contributed by atoms with Crippen LogP contribution in [0.4, 0.5) is 0 Å². The third kappa shape index (κ3) is 3.13. The average molecular weight is 359 g/mol. The van der Waals surface area contributed by atoms with Crippen LogP contribution in [0.15, 0.2) is 34.3 Å². The van der Waals surface area contributed by atoms with Crippen LogP contribution >= 0.6 is 11.6 Å². The van der Waals surface area contributed by atoms with Gasteiger partial charge in [-0.15, -0.1) is 0 Å². The first-order chi connectivity index (χ1) is 10.8. The zero-order valence-electron chi connectivity index (χ0n) is 12.5. The van der Waals surface area contributed by atoms with Gasteiger partial charge in [0.2, 0.25) is 10.0 Å². The summed E-state index contributed by atoms with van der Waals surface area (Å²) in [5, 5.41) is 3.81. The first-order valence-electron chi connectivity index (χ1n) is 6.66. The van der Waals surface area contributed by atoms with Gasteiger partial charge in [0.05, 0.1) is 18.0 Å². The average Bonchev–Trinajstić information content (AvgIpc) is 2.85. The molecular formula is C13H15ClN4O4S. The lowest BCUT2D eigenvalue weighted by Gasteiger charge is -2.31. The van der Waals surface area contributed by atoms with Crippen molar-refractivity contribution in [1.29, 1.82) is 0 Å². The highest BCUT2D eigenvalue weighted by atomic mass is 35.5. The summed E-state index contributed by atoms with van der Waals surface area (Å²) in [5.74, 6) is -0.709. The lowest BCUT2D eigenvalue weighted by molar-refractivity contribution is -0.149. The fourth-order valence-electron chi connectivity index (χ4n) is 2.69.